The molecule has 0 saturated carbocycles. The number of aliphatic carboxylic acids is 1. The molecule has 1 heterocycles. The molecule has 20 heavy (non-hydrogen) atoms. The van der Waals surface area contributed by atoms with Crippen LogP contribution in [0.3, 0.4) is 0 Å². The van der Waals surface area contributed by atoms with Crippen molar-refractivity contribution in [1.29, 1.82) is 0 Å². The Kier molecular flexibility index (Phi) is 5.75. The number of sulfone groups is 1. The summed E-state index contributed by atoms with van der Waals surface area (Å²) < 4.78 is 27.8. The standard InChI is InChI=1S/C11H20N2O6S/c1-8-7-20(17,18)4-3-13(8)11(16)12-6-9(19-2)5-10(14)15/h8-9H,3-7H2,1-2H3,(H,12,16)(H,14,15). The number of carboxylic acids is 1. The second kappa shape index (κ2) is 6.89. The number of methoxy groups -OCH3 is 1. The Morgan fingerprint density at radius 2 is 2.15 bits per heavy atom. The van der Waals surface area contributed by atoms with E-state index in [1.165, 1.54) is 12.0 Å². The van der Waals surface area contributed by atoms with E-state index in [1.54, 1.807) is 6.92 Å². The van der Waals surface area contributed by atoms with Gasteiger partial charge in [0.25, 0.3) is 0 Å². The van der Waals surface area contributed by atoms with Crippen molar-refractivity contribution in [1.82, 2.24) is 10.2 Å². The molecule has 0 aromatic heterocycles. The molecular weight excluding hydrogens is 288 g/mol. The van der Waals surface area contributed by atoms with Crippen LogP contribution in [-0.2, 0) is 19.4 Å². The Morgan fingerprint density at radius 3 is 2.65 bits per heavy atom. The first-order chi connectivity index (χ1) is 9.25. The quantitative estimate of drug-likeness (QED) is 0.694. The molecule has 9 heteroatoms. The molecule has 2 unspecified atom stereocenters. The molecule has 0 aromatic carbocycles. The van der Waals surface area contributed by atoms with Crippen molar-refractivity contribution >= 4 is 21.8 Å². The predicted octanol–water partition coefficient (Wildman–Crippen LogP) is -0.695. The molecule has 1 aliphatic rings. The molecule has 1 fully saturated rings. The van der Waals surface area contributed by atoms with Crippen molar-refractivity contribution in [3.63, 3.8) is 0 Å². The Hall–Kier alpha value is -1.35. The Bertz CT molecular complexity index is 464. The fourth-order valence-corrected chi connectivity index (χ4v) is 3.59. The predicted molar refractivity (Wildman–Crippen MR) is 71.3 cm³/mol. The minimum atomic E-state index is -3.07. The summed E-state index contributed by atoms with van der Waals surface area (Å²) in [5.41, 5.74) is 0. The lowest BCUT2D eigenvalue weighted by molar-refractivity contribution is -0.139. The van der Waals surface area contributed by atoms with Crippen LogP contribution in [-0.4, -0.2) is 74.3 Å². The van der Waals surface area contributed by atoms with Crippen molar-refractivity contribution in [3.05, 3.63) is 0 Å². The molecule has 0 spiro atoms. The van der Waals surface area contributed by atoms with E-state index in [9.17, 15) is 18.0 Å². The first kappa shape index (κ1) is 16.7. The highest BCUT2D eigenvalue weighted by Crippen LogP contribution is 2.11. The molecule has 0 aromatic rings. The fourth-order valence-electron chi connectivity index (χ4n) is 2.04. The van der Waals surface area contributed by atoms with Gasteiger partial charge in [-0.15, -0.1) is 0 Å². The Morgan fingerprint density at radius 1 is 1.50 bits per heavy atom. The summed E-state index contributed by atoms with van der Waals surface area (Å²) in [6, 6.07) is -0.797. The Balaban J connectivity index is 2.48. The van der Waals surface area contributed by atoms with Crippen LogP contribution in [0, 0.1) is 0 Å². The molecule has 1 rings (SSSR count). The van der Waals surface area contributed by atoms with Gasteiger partial charge in [-0.1, -0.05) is 0 Å². The topological polar surface area (TPSA) is 113 Å². The van der Waals surface area contributed by atoms with Gasteiger partial charge in [-0.05, 0) is 6.92 Å². The molecule has 2 atom stereocenters. The first-order valence-electron chi connectivity index (χ1n) is 6.24. The van der Waals surface area contributed by atoms with Gasteiger partial charge in [-0.2, -0.15) is 0 Å². The lowest BCUT2D eigenvalue weighted by atomic mass is 10.2. The van der Waals surface area contributed by atoms with Crippen LogP contribution < -0.4 is 5.32 Å². The third-order valence-electron chi connectivity index (χ3n) is 3.15. The van der Waals surface area contributed by atoms with Gasteiger partial charge in [-0.25, -0.2) is 13.2 Å². The molecule has 0 bridgehead atoms. The monoisotopic (exact) mass is 308 g/mol. The SMILES string of the molecule is COC(CNC(=O)N1CCS(=O)(=O)CC1C)CC(=O)O. The molecule has 0 aliphatic carbocycles. The summed E-state index contributed by atoms with van der Waals surface area (Å²) in [5.74, 6) is -1.11. The van der Waals surface area contributed by atoms with E-state index >= 15 is 0 Å². The van der Waals surface area contributed by atoms with Crippen LogP contribution in [0.1, 0.15) is 13.3 Å². The fraction of sp³-hybridized carbons (Fsp3) is 0.818. The van der Waals surface area contributed by atoms with Crippen molar-refractivity contribution in [2.45, 2.75) is 25.5 Å². The minimum absolute atomic E-state index is 0.0480. The zero-order valence-electron chi connectivity index (χ0n) is 11.5. The molecule has 1 saturated heterocycles. The van der Waals surface area contributed by atoms with E-state index in [4.69, 9.17) is 9.84 Å². The van der Waals surface area contributed by atoms with Crippen molar-refractivity contribution in [3.8, 4) is 0 Å². The van der Waals surface area contributed by atoms with E-state index in [2.05, 4.69) is 5.32 Å². The van der Waals surface area contributed by atoms with Gasteiger partial charge in [0.15, 0.2) is 9.84 Å². The zero-order chi connectivity index (χ0) is 15.3. The molecule has 0 radical (unpaired) electrons. The number of amides is 2. The summed E-state index contributed by atoms with van der Waals surface area (Å²) in [6.07, 6.45) is -0.818. The smallest absolute Gasteiger partial charge is 0.317 e. The van der Waals surface area contributed by atoms with Gasteiger partial charge in [0, 0.05) is 26.2 Å². The number of nitrogens with one attached hydrogen (secondary N) is 1. The zero-order valence-corrected chi connectivity index (χ0v) is 12.4. The summed E-state index contributed by atoms with van der Waals surface area (Å²) in [4.78, 5) is 24.0. The van der Waals surface area contributed by atoms with Crippen LogP contribution >= 0.6 is 0 Å². The lowest BCUT2D eigenvalue weighted by Gasteiger charge is -2.33. The number of carbonyl (C=O) groups excluding carboxylic acids is 1. The van der Waals surface area contributed by atoms with E-state index in [0.29, 0.717) is 0 Å². The van der Waals surface area contributed by atoms with Gasteiger partial charge < -0.3 is 20.1 Å². The minimum Gasteiger partial charge on any atom is -0.481 e. The van der Waals surface area contributed by atoms with E-state index in [-0.39, 0.29) is 31.0 Å². The number of rotatable bonds is 5. The van der Waals surface area contributed by atoms with Crippen molar-refractivity contribution < 1.29 is 27.9 Å². The van der Waals surface area contributed by atoms with Crippen molar-refractivity contribution in [2.75, 3.05) is 31.7 Å². The maximum absolute atomic E-state index is 11.9. The van der Waals surface area contributed by atoms with Crippen LogP contribution in [0.4, 0.5) is 4.79 Å². The number of ether oxygens (including phenoxy) is 1. The number of carbonyl (C=O) groups is 2. The number of nitrogens with zero attached hydrogens (tertiary/aromatic N) is 1. The van der Waals surface area contributed by atoms with Gasteiger partial charge in [0.2, 0.25) is 0 Å². The molecule has 2 N–H and O–H groups in total. The van der Waals surface area contributed by atoms with Gasteiger partial charge >= 0.3 is 12.0 Å². The molecule has 8 nitrogen and oxygen atoms in total. The third kappa shape index (κ3) is 4.97. The summed E-state index contributed by atoms with van der Waals surface area (Å²) in [6.45, 7) is 1.88. The van der Waals surface area contributed by atoms with Crippen LogP contribution in [0.5, 0.6) is 0 Å². The average Bonchev–Trinajstić information content (AvgIpc) is 2.32. The summed E-state index contributed by atoms with van der Waals surface area (Å²) in [5, 5.41) is 11.2. The van der Waals surface area contributed by atoms with Crippen LogP contribution in [0.25, 0.3) is 0 Å². The first-order valence-corrected chi connectivity index (χ1v) is 8.07. The second-order valence-electron chi connectivity index (χ2n) is 4.80. The van der Waals surface area contributed by atoms with E-state index in [0.717, 1.165) is 0 Å². The number of hydrogen-bond donors (Lipinski definition) is 2. The molecule has 116 valence electrons. The van der Waals surface area contributed by atoms with E-state index < -0.39 is 34.0 Å². The maximum atomic E-state index is 11.9. The highest BCUT2D eigenvalue weighted by Gasteiger charge is 2.31. The van der Waals surface area contributed by atoms with E-state index in [1.807, 2.05) is 0 Å². The largest absolute Gasteiger partial charge is 0.481 e. The molecule has 2 amide bonds. The average molecular weight is 308 g/mol. The Labute approximate surface area is 118 Å². The third-order valence-corrected chi connectivity index (χ3v) is 4.94. The summed E-state index contributed by atoms with van der Waals surface area (Å²) in [7, 11) is -1.70. The van der Waals surface area contributed by atoms with Crippen LogP contribution in [0.2, 0.25) is 0 Å². The summed E-state index contributed by atoms with van der Waals surface area (Å²) >= 11 is 0. The highest BCUT2D eigenvalue weighted by molar-refractivity contribution is 7.91. The molecule has 1 aliphatic heterocycles. The van der Waals surface area contributed by atoms with Gasteiger partial charge in [0.05, 0.1) is 24.0 Å². The maximum Gasteiger partial charge on any atom is 0.317 e. The molecular formula is C11H20N2O6S. The van der Waals surface area contributed by atoms with Gasteiger partial charge in [0.1, 0.15) is 0 Å². The number of urea groups is 1. The van der Waals surface area contributed by atoms with Crippen molar-refractivity contribution in [2.24, 2.45) is 0 Å². The van der Waals surface area contributed by atoms with Gasteiger partial charge in [-0.3, -0.25) is 4.79 Å². The normalized spacial score (nSPS) is 23.1. The van der Waals surface area contributed by atoms with Crippen LogP contribution in [0.15, 0.2) is 0 Å². The lowest BCUT2D eigenvalue weighted by Crippen LogP contribution is -2.54. The number of carboxylic acid groups (broad SMARTS) is 1. The second-order valence-corrected chi connectivity index (χ2v) is 7.03. The highest BCUT2D eigenvalue weighted by atomic mass is 32.2. The number of hydrogen-bond acceptors (Lipinski definition) is 5.